The lowest BCUT2D eigenvalue weighted by Crippen LogP contribution is -2.46. The van der Waals surface area contributed by atoms with Gasteiger partial charge in [0.25, 0.3) is 0 Å². The Morgan fingerprint density at radius 1 is 1.29 bits per heavy atom. The molecule has 0 radical (unpaired) electrons. The molecule has 1 heterocycles. The Bertz CT molecular complexity index is 146. The molecule has 2 atom stereocenters. The first-order valence-corrected chi connectivity index (χ1v) is 5.78. The van der Waals surface area contributed by atoms with Crippen LogP contribution < -0.4 is 5.32 Å². The van der Waals surface area contributed by atoms with Crippen molar-refractivity contribution in [1.82, 2.24) is 10.2 Å². The second-order valence-electron chi connectivity index (χ2n) is 4.17. The quantitative estimate of drug-likeness (QED) is 0.715. The predicted octanol–water partition coefficient (Wildman–Crippen LogP) is 0.953. The minimum Gasteiger partial charge on any atom is -0.379 e. The van der Waals surface area contributed by atoms with Gasteiger partial charge in [0.2, 0.25) is 0 Å². The Balaban J connectivity index is 2.26. The molecule has 1 aliphatic heterocycles. The fourth-order valence-electron chi connectivity index (χ4n) is 1.89. The Morgan fingerprint density at radius 3 is 2.50 bits per heavy atom. The maximum atomic E-state index is 5.35. The van der Waals surface area contributed by atoms with Crippen LogP contribution in [0, 0.1) is 5.92 Å². The number of ether oxygens (including phenoxy) is 1. The standard InChI is InChI=1S/C11H24N2O/c1-4-12-9-10(2)11(3)13-5-7-14-8-6-13/h10-12H,4-9H2,1-3H3. The molecular formula is C11H24N2O. The molecule has 0 spiro atoms. The molecule has 1 rings (SSSR count). The monoisotopic (exact) mass is 200 g/mol. The number of rotatable bonds is 5. The SMILES string of the molecule is CCNCC(C)C(C)N1CCOCC1. The summed E-state index contributed by atoms with van der Waals surface area (Å²) >= 11 is 0. The van der Waals surface area contributed by atoms with E-state index in [1.807, 2.05) is 0 Å². The van der Waals surface area contributed by atoms with Gasteiger partial charge in [-0.25, -0.2) is 0 Å². The van der Waals surface area contributed by atoms with Crippen LogP contribution in [0.1, 0.15) is 20.8 Å². The summed E-state index contributed by atoms with van der Waals surface area (Å²) in [6.07, 6.45) is 0. The average Bonchev–Trinajstić information content (AvgIpc) is 2.26. The largest absolute Gasteiger partial charge is 0.379 e. The van der Waals surface area contributed by atoms with Crippen LogP contribution >= 0.6 is 0 Å². The van der Waals surface area contributed by atoms with E-state index in [-0.39, 0.29) is 0 Å². The van der Waals surface area contributed by atoms with Crippen molar-refractivity contribution in [2.75, 3.05) is 39.4 Å². The van der Waals surface area contributed by atoms with Crippen LogP contribution in [-0.4, -0.2) is 50.3 Å². The van der Waals surface area contributed by atoms with Crippen molar-refractivity contribution in [2.24, 2.45) is 5.92 Å². The molecule has 0 saturated carbocycles. The van der Waals surface area contributed by atoms with Gasteiger partial charge in [-0.2, -0.15) is 0 Å². The average molecular weight is 200 g/mol. The third-order valence-electron chi connectivity index (χ3n) is 3.16. The zero-order chi connectivity index (χ0) is 10.4. The summed E-state index contributed by atoms with van der Waals surface area (Å²) in [6.45, 7) is 13.0. The Hall–Kier alpha value is -0.120. The van der Waals surface area contributed by atoms with Crippen LogP contribution in [0.15, 0.2) is 0 Å². The first-order valence-electron chi connectivity index (χ1n) is 5.78. The highest BCUT2D eigenvalue weighted by Crippen LogP contribution is 2.11. The van der Waals surface area contributed by atoms with E-state index in [9.17, 15) is 0 Å². The molecule has 3 heteroatoms. The minimum atomic E-state index is 0.665. The molecule has 84 valence electrons. The molecule has 0 aromatic carbocycles. The second kappa shape index (κ2) is 6.38. The maximum absolute atomic E-state index is 5.35. The summed E-state index contributed by atoms with van der Waals surface area (Å²) in [6, 6.07) is 0.665. The van der Waals surface area contributed by atoms with Gasteiger partial charge in [-0.1, -0.05) is 13.8 Å². The lowest BCUT2D eigenvalue weighted by atomic mass is 10.0. The Morgan fingerprint density at radius 2 is 1.93 bits per heavy atom. The maximum Gasteiger partial charge on any atom is 0.0594 e. The van der Waals surface area contributed by atoms with Gasteiger partial charge in [-0.3, -0.25) is 4.90 Å². The van der Waals surface area contributed by atoms with Gasteiger partial charge in [0.05, 0.1) is 13.2 Å². The van der Waals surface area contributed by atoms with Crippen LogP contribution in [-0.2, 0) is 4.74 Å². The van der Waals surface area contributed by atoms with Crippen molar-refractivity contribution in [3.63, 3.8) is 0 Å². The molecule has 1 saturated heterocycles. The molecule has 1 N–H and O–H groups in total. The van der Waals surface area contributed by atoms with Crippen LogP contribution in [0.2, 0.25) is 0 Å². The number of nitrogens with one attached hydrogen (secondary N) is 1. The van der Waals surface area contributed by atoms with E-state index in [0.717, 1.165) is 39.4 Å². The molecule has 0 aromatic heterocycles. The summed E-state index contributed by atoms with van der Waals surface area (Å²) < 4.78 is 5.35. The van der Waals surface area contributed by atoms with Crippen molar-refractivity contribution >= 4 is 0 Å². The topological polar surface area (TPSA) is 24.5 Å². The summed E-state index contributed by atoms with van der Waals surface area (Å²) in [5.74, 6) is 0.716. The highest BCUT2D eigenvalue weighted by molar-refractivity contribution is 4.75. The molecule has 0 bridgehead atoms. The molecule has 1 aliphatic rings. The van der Waals surface area contributed by atoms with E-state index in [0.29, 0.717) is 12.0 Å². The first-order chi connectivity index (χ1) is 6.75. The number of hydrogen-bond acceptors (Lipinski definition) is 3. The van der Waals surface area contributed by atoms with Gasteiger partial charge >= 0.3 is 0 Å². The molecule has 0 aliphatic carbocycles. The zero-order valence-corrected chi connectivity index (χ0v) is 9.75. The van der Waals surface area contributed by atoms with Crippen LogP contribution in [0.5, 0.6) is 0 Å². The normalized spacial score (nSPS) is 23.4. The van der Waals surface area contributed by atoms with Gasteiger partial charge in [0.1, 0.15) is 0 Å². The highest BCUT2D eigenvalue weighted by atomic mass is 16.5. The van der Waals surface area contributed by atoms with Crippen LogP contribution in [0.3, 0.4) is 0 Å². The number of morpholine rings is 1. The highest BCUT2D eigenvalue weighted by Gasteiger charge is 2.21. The van der Waals surface area contributed by atoms with Gasteiger partial charge in [-0.15, -0.1) is 0 Å². The number of nitrogens with zero attached hydrogens (tertiary/aromatic N) is 1. The number of hydrogen-bond donors (Lipinski definition) is 1. The molecule has 3 nitrogen and oxygen atoms in total. The molecule has 0 amide bonds. The van der Waals surface area contributed by atoms with E-state index in [1.165, 1.54) is 0 Å². The van der Waals surface area contributed by atoms with E-state index in [1.54, 1.807) is 0 Å². The summed E-state index contributed by atoms with van der Waals surface area (Å²) in [4.78, 5) is 2.53. The van der Waals surface area contributed by atoms with Crippen LogP contribution in [0.25, 0.3) is 0 Å². The zero-order valence-electron chi connectivity index (χ0n) is 9.75. The second-order valence-corrected chi connectivity index (χ2v) is 4.17. The predicted molar refractivity (Wildman–Crippen MR) is 59.6 cm³/mol. The van der Waals surface area contributed by atoms with Gasteiger partial charge < -0.3 is 10.1 Å². The first kappa shape index (κ1) is 12.0. The van der Waals surface area contributed by atoms with E-state index >= 15 is 0 Å². The minimum absolute atomic E-state index is 0.665. The molecule has 2 unspecified atom stereocenters. The van der Waals surface area contributed by atoms with Gasteiger partial charge in [-0.05, 0) is 25.9 Å². The van der Waals surface area contributed by atoms with Crippen molar-refractivity contribution in [3.05, 3.63) is 0 Å². The fourth-order valence-corrected chi connectivity index (χ4v) is 1.89. The molecule has 14 heavy (non-hydrogen) atoms. The smallest absolute Gasteiger partial charge is 0.0594 e. The van der Waals surface area contributed by atoms with Crippen molar-refractivity contribution < 1.29 is 4.74 Å². The lowest BCUT2D eigenvalue weighted by Gasteiger charge is -2.35. The Kier molecular flexibility index (Phi) is 5.45. The van der Waals surface area contributed by atoms with Crippen molar-refractivity contribution in [2.45, 2.75) is 26.8 Å². The van der Waals surface area contributed by atoms with E-state index < -0.39 is 0 Å². The summed E-state index contributed by atoms with van der Waals surface area (Å²) in [7, 11) is 0. The summed E-state index contributed by atoms with van der Waals surface area (Å²) in [5, 5.41) is 3.41. The van der Waals surface area contributed by atoms with E-state index in [2.05, 4.69) is 31.0 Å². The lowest BCUT2D eigenvalue weighted by molar-refractivity contribution is 0.00926. The van der Waals surface area contributed by atoms with Gasteiger partial charge in [0, 0.05) is 19.1 Å². The van der Waals surface area contributed by atoms with Crippen molar-refractivity contribution in [3.8, 4) is 0 Å². The molecule has 0 aromatic rings. The van der Waals surface area contributed by atoms with Crippen LogP contribution in [0.4, 0.5) is 0 Å². The molecular weight excluding hydrogens is 176 g/mol. The van der Waals surface area contributed by atoms with E-state index in [4.69, 9.17) is 4.74 Å². The van der Waals surface area contributed by atoms with Crippen molar-refractivity contribution in [1.29, 1.82) is 0 Å². The Labute approximate surface area is 87.8 Å². The summed E-state index contributed by atoms with van der Waals surface area (Å²) in [5.41, 5.74) is 0. The third-order valence-corrected chi connectivity index (χ3v) is 3.16. The van der Waals surface area contributed by atoms with Gasteiger partial charge in [0.15, 0.2) is 0 Å². The fraction of sp³-hybridized carbons (Fsp3) is 1.00. The molecule has 1 fully saturated rings. The third kappa shape index (κ3) is 3.56.